The number of esters is 1. The van der Waals surface area contributed by atoms with Crippen molar-refractivity contribution in [2.24, 2.45) is 7.05 Å². The van der Waals surface area contributed by atoms with Gasteiger partial charge in [-0.25, -0.2) is 9.48 Å². The van der Waals surface area contributed by atoms with Crippen LogP contribution in [-0.4, -0.2) is 55.8 Å². The van der Waals surface area contributed by atoms with Crippen molar-refractivity contribution in [2.75, 3.05) is 20.2 Å². The number of halogens is 1. The highest BCUT2D eigenvalue weighted by atomic mass is 35.5. The van der Waals surface area contributed by atoms with Crippen LogP contribution in [0.25, 0.3) is 0 Å². The number of likely N-dealkylation sites (tertiary alicyclic amines) is 1. The average Bonchev–Trinajstić information content (AvgIpc) is 3.17. The zero-order chi connectivity index (χ0) is 16.4. The summed E-state index contributed by atoms with van der Waals surface area (Å²) in [5.41, 5.74) is 1.24. The number of aromatic nitrogens is 5. The fraction of sp³-hybridized carbons (Fsp3) is 0.571. The summed E-state index contributed by atoms with van der Waals surface area (Å²) < 4.78 is 8.22. The van der Waals surface area contributed by atoms with Crippen LogP contribution in [0, 0.1) is 0 Å². The van der Waals surface area contributed by atoms with Gasteiger partial charge < -0.3 is 4.74 Å². The molecule has 1 aliphatic rings. The van der Waals surface area contributed by atoms with E-state index >= 15 is 0 Å². The van der Waals surface area contributed by atoms with Crippen molar-refractivity contribution in [3.63, 3.8) is 0 Å². The Labute approximate surface area is 139 Å². The van der Waals surface area contributed by atoms with Crippen LogP contribution in [0.2, 0.25) is 5.02 Å². The molecule has 23 heavy (non-hydrogen) atoms. The molecule has 9 heteroatoms. The number of methoxy groups -OCH3 is 1. The third-order valence-electron chi connectivity index (χ3n) is 4.14. The minimum absolute atomic E-state index is 0.182. The van der Waals surface area contributed by atoms with Gasteiger partial charge in [-0.2, -0.15) is 5.10 Å². The van der Waals surface area contributed by atoms with E-state index in [-0.39, 0.29) is 11.7 Å². The molecule has 2 aromatic rings. The number of carbonyl (C=O) groups is 1. The van der Waals surface area contributed by atoms with Gasteiger partial charge in [0.05, 0.1) is 36.3 Å². The highest BCUT2D eigenvalue weighted by molar-refractivity contribution is 6.31. The van der Waals surface area contributed by atoms with Gasteiger partial charge in [0, 0.05) is 20.1 Å². The van der Waals surface area contributed by atoms with Gasteiger partial charge >= 0.3 is 5.97 Å². The Balaban J connectivity index is 1.68. The van der Waals surface area contributed by atoms with Crippen LogP contribution in [0.15, 0.2) is 12.4 Å². The highest BCUT2D eigenvalue weighted by Crippen LogP contribution is 2.24. The number of piperidine rings is 1. The minimum atomic E-state index is -0.467. The predicted molar refractivity (Wildman–Crippen MR) is 83.1 cm³/mol. The molecule has 1 atom stereocenters. The van der Waals surface area contributed by atoms with Crippen molar-refractivity contribution in [1.29, 1.82) is 0 Å². The molecule has 1 unspecified atom stereocenters. The lowest BCUT2D eigenvalue weighted by Gasteiger charge is -2.32. The maximum absolute atomic E-state index is 11.5. The second kappa shape index (κ2) is 6.67. The number of hydrogen-bond donors (Lipinski definition) is 0. The molecule has 1 aliphatic heterocycles. The van der Waals surface area contributed by atoms with Crippen LogP contribution in [0.4, 0.5) is 0 Å². The lowest BCUT2D eigenvalue weighted by molar-refractivity contribution is 0.0594. The van der Waals surface area contributed by atoms with E-state index in [0.29, 0.717) is 5.02 Å². The fourth-order valence-corrected chi connectivity index (χ4v) is 3.10. The van der Waals surface area contributed by atoms with E-state index in [1.807, 2.05) is 7.05 Å². The highest BCUT2D eigenvalue weighted by Gasteiger charge is 2.24. The zero-order valence-electron chi connectivity index (χ0n) is 13.1. The molecular weight excluding hydrogens is 320 g/mol. The largest absolute Gasteiger partial charge is 0.464 e. The number of aryl methyl sites for hydroxylation is 1. The van der Waals surface area contributed by atoms with E-state index in [1.54, 1.807) is 21.8 Å². The van der Waals surface area contributed by atoms with Crippen LogP contribution in [0.3, 0.4) is 0 Å². The molecule has 0 bridgehead atoms. The van der Waals surface area contributed by atoms with E-state index < -0.39 is 5.97 Å². The molecule has 1 saturated heterocycles. The van der Waals surface area contributed by atoms with E-state index in [1.165, 1.54) is 7.11 Å². The second-order valence-corrected chi connectivity index (χ2v) is 6.08. The van der Waals surface area contributed by atoms with Crippen LogP contribution >= 0.6 is 11.6 Å². The van der Waals surface area contributed by atoms with Gasteiger partial charge in [-0.3, -0.25) is 9.58 Å². The van der Waals surface area contributed by atoms with Crippen molar-refractivity contribution in [3.05, 3.63) is 28.8 Å². The summed E-state index contributed by atoms with van der Waals surface area (Å²) in [5, 5.41) is 12.8. The van der Waals surface area contributed by atoms with Gasteiger partial charge in [0.15, 0.2) is 5.69 Å². The Morgan fingerprint density at radius 3 is 3.04 bits per heavy atom. The van der Waals surface area contributed by atoms with Crippen LogP contribution in [0.1, 0.15) is 35.1 Å². The summed E-state index contributed by atoms with van der Waals surface area (Å²) >= 11 is 6.18. The minimum Gasteiger partial charge on any atom is -0.464 e. The van der Waals surface area contributed by atoms with Gasteiger partial charge in [-0.05, 0) is 19.4 Å². The van der Waals surface area contributed by atoms with Gasteiger partial charge in [-0.1, -0.05) is 16.8 Å². The first-order valence-electron chi connectivity index (χ1n) is 7.47. The van der Waals surface area contributed by atoms with Crippen molar-refractivity contribution in [1.82, 2.24) is 29.7 Å². The Morgan fingerprint density at radius 1 is 1.52 bits per heavy atom. The number of nitrogens with zero attached hydrogens (tertiary/aromatic N) is 6. The Hall–Kier alpha value is -1.93. The average molecular weight is 339 g/mol. The van der Waals surface area contributed by atoms with E-state index in [9.17, 15) is 4.79 Å². The number of hydrogen-bond acceptors (Lipinski definition) is 6. The maximum Gasteiger partial charge on any atom is 0.360 e. The molecule has 3 rings (SSSR count). The summed E-state index contributed by atoms with van der Waals surface area (Å²) in [6, 6.07) is 0.182. The number of ether oxygens (including phenoxy) is 1. The Morgan fingerprint density at radius 2 is 2.35 bits per heavy atom. The molecule has 0 saturated carbocycles. The van der Waals surface area contributed by atoms with E-state index in [0.717, 1.165) is 38.2 Å². The second-order valence-electron chi connectivity index (χ2n) is 5.67. The van der Waals surface area contributed by atoms with E-state index in [2.05, 4.69) is 25.0 Å². The first kappa shape index (κ1) is 15.9. The summed E-state index contributed by atoms with van der Waals surface area (Å²) in [4.78, 5) is 13.8. The Kier molecular flexibility index (Phi) is 4.63. The number of carbonyl (C=O) groups excluding carboxylic acids is 1. The Bertz CT molecular complexity index is 678. The quantitative estimate of drug-likeness (QED) is 0.782. The molecule has 1 fully saturated rings. The van der Waals surface area contributed by atoms with Crippen molar-refractivity contribution in [3.8, 4) is 0 Å². The van der Waals surface area contributed by atoms with Crippen LogP contribution in [-0.2, 0) is 18.3 Å². The van der Waals surface area contributed by atoms with Crippen molar-refractivity contribution >= 4 is 17.6 Å². The van der Waals surface area contributed by atoms with Gasteiger partial charge in [0.1, 0.15) is 0 Å². The van der Waals surface area contributed by atoms with Crippen LogP contribution < -0.4 is 0 Å². The monoisotopic (exact) mass is 338 g/mol. The molecule has 0 amide bonds. The molecule has 2 aromatic heterocycles. The van der Waals surface area contributed by atoms with Gasteiger partial charge in [0.25, 0.3) is 0 Å². The topological polar surface area (TPSA) is 78.1 Å². The fourth-order valence-electron chi connectivity index (χ4n) is 2.87. The molecule has 8 nitrogen and oxygen atoms in total. The summed E-state index contributed by atoms with van der Waals surface area (Å²) in [6.07, 6.45) is 5.36. The third kappa shape index (κ3) is 3.37. The lowest BCUT2D eigenvalue weighted by atomic mass is 10.1. The number of rotatable bonds is 4. The van der Waals surface area contributed by atoms with Crippen molar-refractivity contribution < 1.29 is 9.53 Å². The first-order valence-corrected chi connectivity index (χ1v) is 7.85. The van der Waals surface area contributed by atoms with Crippen molar-refractivity contribution in [2.45, 2.75) is 25.4 Å². The molecule has 0 spiro atoms. The van der Waals surface area contributed by atoms with Gasteiger partial charge in [-0.15, -0.1) is 5.10 Å². The predicted octanol–water partition coefficient (Wildman–Crippen LogP) is 1.29. The molecule has 124 valence electrons. The lowest BCUT2D eigenvalue weighted by Crippen LogP contribution is -2.36. The first-order chi connectivity index (χ1) is 11.1. The third-order valence-corrected chi connectivity index (χ3v) is 4.46. The molecule has 0 aliphatic carbocycles. The smallest absolute Gasteiger partial charge is 0.360 e. The SMILES string of the molecule is COC(=O)c1cn(C2CCCN(Cc3c(Cl)cnn3C)C2)nn1. The zero-order valence-corrected chi connectivity index (χ0v) is 13.9. The summed E-state index contributed by atoms with van der Waals surface area (Å²) in [7, 11) is 3.23. The van der Waals surface area contributed by atoms with Crippen LogP contribution in [0.5, 0.6) is 0 Å². The standard InChI is InChI=1S/C14H19ClN6O2/c1-19-13(11(15)6-16-19)9-20-5-3-4-10(7-20)21-8-12(17-18-21)14(22)23-2/h6,8,10H,3-5,7,9H2,1-2H3. The molecule has 0 N–H and O–H groups in total. The summed E-state index contributed by atoms with van der Waals surface area (Å²) in [5.74, 6) is -0.467. The summed E-state index contributed by atoms with van der Waals surface area (Å²) in [6.45, 7) is 2.56. The molecule has 3 heterocycles. The normalized spacial score (nSPS) is 19.0. The molecule has 0 aromatic carbocycles. The molecule has 0 radical (unpaired) electrons. The van der Waals surface area contributed by atoms with E-state index in [4.69, 9.17) is 11.6 Å². The maximum atomic E-state index is 11.5. The van der Waals surface area contributed by atoms with Gasteiger partial charge in [0.2, 0.25) is 0 Å². The molecular formula is C14H19ClN6O2.